The molecule has 2 fully saturated rings. The normalized spacial score (nSPS) is 21.9. The Morgan fingerprint density at radius 1 is 0.359 bits per heavy atom. The van der Waals surface area contributed by atoms with Crippen molar-refractivity contribution in [3.63, 3.8) is 0 Å². The Kier molecular flexibility index (Phi) is 67.7. The number of hydrogen-bond donors (Lipinski definition) is 9. The van der Waals surface area contributed by atoms with Gasteiger partial charge in [0.05, 0.1) is 32.0 Å². The van der Waals surface area contributed by atoms with Crippen LogP contribution in [0.5, 0.6) is 0 Å². The molecule has 0 saturated carbocycles. The summed E-state index contributed by atoms with van der Waals surface area (Å²) in [6, 6.07) is -0.934. The van der Waals surface area contributed by atoms with E-state index in [9.17, 15) is 45.6 Å². The number of carbonyl (C=O) groups is 1. The highest BCUT2D eigenvalue weighted by molar-refractivity contribution is 5.76. The van der Waals surface area contributed by atoms with E-state index in [0.29, 0.717) is 12.8 Å². The Labute approximate surface area is 631 Å². The summed E-state index contributed by atoms with van der Waals surface area (Å²) >= 11 is 0. The van der Waals surface area contributed by atoms with Gasteiger partial charge in [0.2, 0.25) is 5.91 Å². The number of aliphatic hydroxyl groups excluding tert-OH is 8. The van der Waals surface area contributed by atoms with E-state index < -0.39 is 86.8 Å². The van der Waals surface area contributed by atoms with E-state index in [-0.39, 0.29) is 18.9 Å². The van der Waals surface area contributed by atoms with E-state index in [1.807, 2.05) is 6.08 Å². The second kappa shape index (κ2) is 72.3. The summed E-state index contributed by atoms with van der Waals surface area (Å²) in [6.07, 6.45) is 84.5. The van der Waals surface area contributed by atoms with Crippen LogP contribution in [0.4, 0.5) is 0 Å². The van der Waals surface area contributed by atoms with Crippen molar-refractivity contribution in [3.8, 4) is 0 Å². The third kappa shape index (κ3) is 54.6. The Hall–Kier alpha value is -2.57. The molecule has 1 amide bonds. The average molecular weight is 1460 g/mol. The van der Waals surface area contributed by atoms with Crippen molar-refractivity contribution in [2.45, 2.75) is 466 Å². The number of nitrogens with one attached hydrogen (secondary N) is 1. The molecule has 14 nitrogen and oxygen atoms in total. The van der Waals surface area contributed by atoms with Crippen LogP contribution >= 0.6 is 0 Å². The molecular weight excluding hydrogens is 1290 g/mol. The molecule has 0 aliphatic carbocycles. The van der Waals surface area contributed by atoms with Gasteiger partial charge in [0.25, 0.3) is 0 Å². The third-order valence-electron chi connectivity index (χ3n) is 21.1. The molecule has 0 bridgehead atoms. The van der Waals surface area contributed by atoms with Gasteiger partial charge in [0, 0.05) is 6.42 Å². The number of carbonyl (C=O) groups excluding carboxylic acids is 1. The monoisotopic (exact) mass is 1450 g/mol. The van der Waals surface area contributed by atoms with E-state index in [4.69, 9.17) is 18.9 Å². The zero-order valence-corrected chi connectivity index (χ0v) is 66.3. The molecule has 0 aromatic rings. The van der Waals surface area contributed by atoms with Crippen LogP contribution < -0.4 is 5.32 Å². The molecule has 9 N–H and O–H groups in total. The second-order valence-electron chi connectivity index (χ2n) is 30.6. The average Bonchev–Trinajstić information content (AvgIpc) is 0.791. The Morgan fingerprint density at radius 2 is 0.680 bits per heavy atom. The Morgan fingerprint density at radius 3 is 1.07 bits per heavy atom. The minimum atomic E-state index is -1.79. The molecule has 0 aromatic heterocycles. The Balaban J connectivity index is 1.57. The van der Waals surface area contributed by atoms with Crippen molar-refractivity contribution in [1.29, 1.82) is 0 Å². The summed E-state index contributed by atoms with van der Waals surface area (Å²) in [5.41, 5.74) is 0. The fourth-order valence-electron chi connectivity index (χ4n) is 14.3. The summed E-state index contributed by atoms with van der Waals surface area (Å²) in [5, 5.41) is 87.8. The van der Waals surface area contributed by atoms with Crippen molar-refractivity contribution in [2.24, 2.45) is 0 Å². The van der Waals surface area contributed by atoms with Gasteiger partial charge in [-0.25, -0.2) is 0 Å². The van der Waals surface area contributed by atoms with Crippen LogP contribution in [0.15, 0.2) is 72.9 Å². The van der Waals surface area contributed by atoms with E-state index in [1.54, 1.807) is 6.08 Å². The van der Waals surface area contributed by atoms with Gasteiger partial charge >= 0.3 is 0 Å². The van der Waals surface area contributed by atoms with E-state index in [2.05, 4.69) is 79.9 Å². The second-order valence-corrected chi connectivity index (χ2v) is 30.6. The van der Waals surface area contributed by atoms with Crippen LogP contribution in [0.25, 0.3) is 0 Å². The lowest BCUT2D eigenvalue weighted by molar-refractivity contribution is -0.359. The van der Waals surface area contributed by atoms with Crippen LogP contribution in [0.3, 0.4) is 0 Å². The number of hydrogen-bond acceptors (Lipinski definition) is 13. The topological polar surface area (TPSA) is 228 Å². The quantitative estimate of drug-likeness (QED) is 0.0204. The zero-order chi connectivity index (χ0) is 74.4. The number of rotatable bonds is 74. The molecule has 14 heteroatoms. The van der Waals surface area contributed by atoms with Crippen LogP contribution in [-0.2, 0) is 23.7 Å². The fraction of sp³-hybridized carbons (Fsp3) is 0.854. The van der Waals surface area contributed by atoms with E-state index in [0.717, 1.165) is 57.8 Å². The van der Waals surface area contributed by atoms with E-state index >= 15 is 0 Å². The molecule has 103 heavy (non-hydrogen) atoms. The zero-order valence-electron chi connectivity index (χ0n) is 66.3. The van der Waals surface area contributed by atoms with Crippen molar-refractivity contribution >= 4 is 5.91 Å². The molecule has 602 valence electrons. The lowest BCUT2D eigenvalue weighted by atomic mass is 9.97. The summed E-state index contributed by atoms with van der Waals surface area (Å²) in [6.45, 7) is 2.73. The fourth-order valence-corrected chi connectivity index (χ4v) is 14.3. The van der Waals surface area contributed by atoms with Gasteiger partial charge in [-0.2, -0.15) is 0 Å². The molecule has 0 spiro atoms. The summed E-state index contributed by atoms with van der Waals surface area (Å²) < 4.78 is 22.9. The van der Waals surface area contributed by atoms with Gasteiger partial charge < -0.3 is 65.1 Å². The molecule has 2 aliphatic heterocycles. The van der Waals surface area contributed by atoms with Gasteiger partial charge in [0.1, 0.15) is 48.8 Å². The smallest absolute Gasteiger partial charge is 0.220 e. The largest absolute Gasteiger partial charge is 0.394 e. The first-order valence-electron chi connectivity index (χ1n) is 43.7. The summed E-state index contributed by atoms with van der Waals surface area (Å²) in [5.74, 6) is -0.242. The summed E-state index contributed by atoms with van der Waals surface area (Å²) in [4.78, 5) is 13.4. The maximum absolute atomic E-state index is 13.4. The van der Waals surface area contributed by atoms with Crippen molar-refractivity contribution in [2.75, 3.05) is 19.8 Å². The number of unbranched alkanes of at least 4 members (excludes halogenated alkanes) is 51. The highest BCUT2D eigenvalue weighted by Gasteiger charge is 2.51. The molecule has 0 aromatic carbocycles. The van der Waals surface area contributed by atoms with Gasteiger partial charge in [-0.3, -0.25) is 4.79 Å². The number of amides is 1. The number of ether oxygens (including phenoxy) is 4. The molecule has 2 rings (SSSR count). The third-order valence-corrected chi connectivity index (χ3v) is 21.1. The molecule has 2 heterocycles. The highest BCUT2D eigenvalue weighted by Crippen LogP contribution is 2.30. The van der Waals surface area contributed by atoms with Crippen LogP contribution in [0.1, 0.15) is 393 Å². The predicted molar refractivity (Wildman–Crippen MR) is 429 cm³/mol. The number of allylic oxidation sites excluding steroid dienone is 11. The lowest BCUT2D eigenvalue weighted by Gasteiger charge is -2.46. The minimum absolute atomic E-state index is 0.242. The molecule has 12 atom stereocenters. The first kappa shape index (κ1) is 96.5. The molecule has 0 radical (unpaired) electrons. The SMILES string of the molecule is CC/C=C\C/C=C\C/C=C\C/C=C\CCCCCCCCCCCCCCCCCCCCCCCCCCCCC(=O)NC(COC1OC(CO)C(OC2OC(CO)C(O)C(O)C2O)C(O)C1O)C(O)/C=C/CC/C=C/CCCCCCCCCCCCCCCCCCCCCCCCCC. The van der Waals surface area contributed by atoms with Gasteiger partial charge in [-0.15, -0.1) is 0 Å². The molecular formula is C89H163NO13. The summed E-state index contributed by atoms with van der Waals surface area (Å²) in [7, 11) is 0. The maximum Gasteiger partial charge on any atom is 0.220 e. The Bertz CT molecular complexity index is 2010. The van der Waals surface area contributed by atoms with Crippen molar-refractivity contribution in [3.05, 3.63) is 72.9 Å². The van der Waals surface area contributed by atoms with Crippen molar-refractivity contribution < 1.29 is 64.6 Å². The number of aliphatic hydroxyl groups is 8. The van der Waals surface area contributed by atoms with Crippen LogP contribution in [0.2, 0.25) is 0 Å². The standard InChI is InChI=1S/C89H163NO13/c1-3-5-7-9-11-13-15-17-19-21-23-25-27-29-31-33-35-36-37-38-39-40-41-42-43-45-47-49-51-53-55-57-59-61-63-65-67-69-71-73-81(94)90-77(76-100-88-86(99)84(97)87(80(75-92)102-88)103-89-85(98)83(96)82(95)79(74-91)101-89)78(93)72-70-68-66-64-62-60-58-56-54-52-50-48-46-44-34-32-30-28-26-24-22-20-18-16-14-12-10-8-6-4-2/h5,7,11,13,17,19,23,25,62,64,70,72,77-80,82-89,91-93,95-99H,3-4,6,8-10,12,14-16,18,20-22,24,26-61,63,65-69,71,73-76H2,1-2H3,(H,90,94)/b7-5-,13-11-,19-17-,25-23-,64-62+,72-70+. The van der Waals surface area contributed by atoms with Gasteiger partial charge in [0.15, 0.2) is 12.6 Å². The van der Waals surface area contributed by atoms with E-state index in [1.165, 1.54) is 302 Å². The van der Waals surface area contributed by atoms with Crippen molar-refractivity contribution in [1.82, 2.24) is 5.32 Å². The maximum atomic E-state index is 13.4. The highest BCUT2D eigenvalue weighted by atomic mass is 16.7. The molecule has 12 unspecified atom stereocenters. The van der Waals surface area contributed by atoms with Crippen LogP contribution in [-0.4, -0.2) is 140 Å². The van der Waals surface area contributed by atoms with Gasteiger partial charge in [-0.1, -0.05) is 389 Å². The lowest BCUT2D eigenvalue weighted by Crippen LogP contribution is -2.65. The predicted octanol–water partition coefficient (Wildman–Crippen LogP) is 20.9. The van der Waals surface area contributed by atoms with Crippen LogP contribution in [0, 0.1) is 0 Å². The first-order chi connectivity index (χ1) is 50.6. The van der Waals surface area contributed by atoms with Gasteiger partial charge in [-0.05, 0) is 70.6 Å². The molecule has 2 aliphatic rings. The first-order valence-corrected chi connectivity index (χ1v) is 43.7. The molecule has 2 saturated heterocycles. The minimum Gasteiger partial charge on any atom is -0.394 e.